The second-order valence-corrected chi connectivity index (χ2v) is 1.38. The molecule has 0 amide bonds. The molecule has 1 heterocycles. The van der Waals surface area contributed by atoms with Crippen molar-refractivity contribution in [2.24, 2.45) is 0 Å². The summed E-state index contributed by atoms with van der Waals surface area (Å²) in [5, 5.41) is 8.26. The molecule has 0 saturated carbocycles. The summed E-state index contributed by atoms with van der Waals surface area (Å²) >= 11 is 0. The fourth-order valence-corrected chi connectivity index (χ4v) is 0.410. The minimum atomic E-state index is -1.10. The molecular weight excluding hydrogens is 228 g/mol. The van der Waals surface area contributed by atoms with Crippen LogP contribution in [0.3, 0.4) is 0 Å². The van der Waals surface area contributed by atoms with E-state index in [0.29, 0.717) is 0 Å². The summed E-state index contributed by atoms with van der Waals surface area (Å²) in [5.74, 6) is -1.27. The molecule has 0 aliphatic rings. The Morgan fingerprint density at radius 2 is 1.90 bits per heavy atom. The zero-order valence-corrected chi connectivity index (χ0v) is 6.27. The van der Waals surface area contributed by atoms with E-state index in [-0.39, 0.29) is 28.2 Å². The number of aromatic carboxylic acids is 1. The van der Waals surface area contributed by atoms with E-state index < -0.39 is 5.97 Å². The first-order valence-electron chi connectivity index (χ1n) is 2.31. The molecule has 1 N–H and O–H groups in total. The quantitative estimate of drug-likeness (QED) is 0.701. The van der Waals surface area contributed by atoms with Crippen molar-refractivity contribution < 1.29 is 32.3 Å². The molecule has 1 radical (unpaired) electrons. The van der Waals surface area contributed by atoms with E-state index in [4.69, 9.17) is 5.11 Å². The molecule has 1 rings (SSSR count). The first kappa shape index (κ1) is 9.29. The summed E-state index contributed by atoms with van der Waals surface area (Å²) in [6, 6.07) is 1.56. The summed E-state index contributed by atoms with van der Waals surface area (Å²) in [5.41, 5.74) is 0. The summed E-state index contributed by atoms with van der Waals surface area (Å²) < 4.78 is 0. The Morgan fingerprint density at radius 3 is 2.20 bits per heavy atom. The topological polar surface area (TPSA) is 63.1 Å². The van der Waals surface area contributed by atoms with E-state index in [2.05, 4.69) is 9.97 Å². The van der Waals surface area contributed by atoms with Gasteiger partial charge in [0.2, 0.25) is 5.82 Å². The molecule has 0 aliphatic heterocycles. The van der Waals surface area contributed by atoms with E-state index in [9.17, 15) is 4.79 Å². The Labute approximate surface area is 72.8 Å². The average Bonchev–Trinajstić information content (AvgIpc) is 1.90. The number of nitrogens with zero attached hydrogens (tertiary/aromatic N) is 2. The predicted molar refractivity (Wildman–Crippen MR) is 29.0 cm³/mol. The molecule has 0 atom stereocenters. The van der Waals surface area contributed by atoms with Gasteiger partial charge in [-0.05, 0) is 6.07 Å². The van der Waals surface area contributed by atoms with Crippen LogP contribution >= 0.6 is 0 Å². The van der Waals surface area contributed by atoms with Crippen LogP contribution in [0.15, 0.2) is 18.5 Å². The molecule has 0 spiro atoms. The number of carboxylic acids is 1. The van der Waals surface area contributed by atoms with Crippen LogP contribution in [0.2, 0.25) is 0 Å². The molecule has 0 aliphatic carbocycles. The second kappa shape index (κ2) is 4.16. The van der Waals surface area contributed by atoms with Crippen LogP contribution in [-0.2, 0) is 22.4 Å². The van der Waals surface area contributed by atoms with Gasteiger partial charge in [-0.2, -0.15) is 0 Å². The Balaban J connectivity index is 0.000000810. The van der Waals surface area contributed by atoms with Crippen LogP contribution < -0.4 is 0 Å². The summed E-state index contributed by atoms with van der Waals surface area (Å²) in [6.45, 7) is 0. The van der Waals surface area contributed by atoms with Crippen LogP contribution in [0.1, 0.15) is 10.6 Å². The van der Waals surface area contributed by atoms with E-state index >= 15 is 0 Å². The van der Waals surface area contributed by atoms with Crippen LogP contribution in [0, 0.1) is 0 Å². The number of carboxylic acid groups (broad SMARTS) is 1. The first-order chi connectivity index (χ1) is 4.30. The molecule has 1 aromatic heterocycles. The largest absolute Gasteiger partial charge is 0.475 e. The van der Waals surface area contributed by atoms with Crippen LogP contribution in [0.25, 0.3) is 0 Å². The van der Waals surface area contributed by atoms with Crippen LogP contribution in [0.4, 0.5) is 0 Å². The fourth-order valence-electron chi connectivity index (χ4n) is 0.410. The zero-order chi connectivity index (χ0) is 6.69. The minimum Gasteiger partial charge on any atom is -0.475 e. The van der Waals surface area contributed by atoms with E-state index in [1.165, 1.54) is 12.4 Å². The molecule has 0 fully saturated rings. The van der Waals surface area contributed by atoms with Crippen LogP contribution in [0.5, 0.6) is 0 Å². The maximum atomic E-state index is 10.1. The van der Waals surface area contributed by atoms with Crippen molar-refractivity contribution in [1.82, 2.24) is 9.97 Å². The monoisotopic (exact) mass is 231 g/mol. The number of carbonyl (C=O) groups is 1. The predicted octanol–water partition coefficient (Wildman–Crippen LogP) is 0.172. The van der Waals surface area contributed by atoms with Gasteiger partial charge in [0.15, 0.2) is 0 Å². The molecule has 1 aromatic rings. The maximum Gasteiger partial charge on any atom is 0.373 e. The van der Waals surface area contributed by atoms with Gasteiger partial charge < -0.3 is 5.11 Å². The molecule has 57 valence electrons. The zero-order valence-electron chi connectivity index (χ0n) is 4.78. The summed E-state index contributed by atoms with van der Waals surface area (Å²) in [6.07, 6.45) is 2.77. The Bertz CT molecular complexity index is 214. The van der Waals surface area contributed by atoms with Crippen molar-refractivity contribution in [1.29, 1.82) is 0 Å². The molecule has 0 bridgehead atoms. The van der Waals surface area contributed by atoms with Gasteiger partial charge in [-0.3, -0.25) is 0 Å². The SMILES string of the molecule is O=C(O)c1ncccn1.[Ag]. The van der Waals surface area contributed by atoms with Gasteiger partial charge in [-0.15, -0.1) is 0 Å². The van der Waals surface area contributed by atoms with E-state index in [0.717, 1.165) is 0 Å². The molecule has 5 heteroatoms. The molecular formula is C5H4AgN2O2. The van der Waals surface area contributed by atoms with Gasteiger partial charge in [0.25, 0.3) is 0 Å². The van der Waals surface area contributed by atoms with Crippen molar-refractivity contribution in [2.75, 3.05) is 0 Å². The Hall–Kier alpha value is -0.710. The Kier molecular flexibility index (Phi) is 3.87. The number of hydrogen-bond donors (Lipinski definition) is 1. The number of aromatic nitrogens is 2. The second-order valence-electron chi connectivity index (χ2n) is 1.38. The smallest absolute Gasteiger partial charge is 0.373 e. The van der Waals surface area contributed by atoms with Crippen molar-refractivity contribution in [3.8, 4) is 0 Å². The minimum absolute atomic E-state index is 0. The summed E-state index contributed by atoms with van der Waals surface area (Å²) in [4.78, 5) is 17.0. The Morgan fingerprint density at radius 1 is 1.40 bits per heavy atom. The van der Waals surface area contributed by atoms with Gasteiger partial charge >= 0.3 is 5.97 Å². The van der Waals surface area contributed by atoms with Gasteiger partial charge in [0, 0.05) is 34.8 Å². The maximum absolute atomic E-state index is 10.1. The average molecular weight is 232 g/mol. The van der Waals surface area contributed by atoms with Crippen molar-refractivity contribution >= 4 is 5.97 Å². The van der Waals surface area contributed by atoms with Gasteiger partial charge in [-0.25, -0.2) is 14.8 Å². The van der Waals surface area contributed by atoms with Gasteiger partial charge in [0.1, 0.15) is 0 Å². The molecule has 0 aromatic carbocycles. The van der Waals surface area contributed by atoms with Crippen molar-refractivity contribution in [3.63, 3.8) is 0 Å². The third kappa shape index (κ3) is 2.26. The van der Waals surface area contributed by atoms with E-state index in [1.54, 1.807) is 6.07 Å². The first-order valence-corrected chi connectivity index (χ1v) is 2.31. The third-order valence-corrected chi connectivity index (χ3v) is 0.757. The third-order valence-electron chi connectivity index (χ3n) is 0.757. The summed E-state index contributed by atoms with van der Waals surface area (Å²) in [7, 11) is 0. The van der Waals surface area contributed by atoms with Crippen LogP contribution in [-0.4, -0.2) is 21.0 Å². The van der Waals surface area contributed by atoms with Gasteiger partial charge in [0.05, 0.1) is 0 Å². The van der Waals surface area contributed by atoms with Crippen molar-refractivity contribution in [2.45, 2.75) is 0 Å². The standard InChI is InChI=1S/C5H4N2O2.Ag/c8-5(9)4-6-2-1-3-7-4;/h1-3H,(H,8,9);. The molecule has 4 nitrogen and oxygen atoms in total. The number of hydrogen-bond acceptors (Lipinski definition) is 3. The molecule has 10 heavy (non-hydrogen) atoms. The number of rotatable bonds is 1. The normalized spacial score (nSPS) is 8.00. The fraction of sp³-hybridized carbons (Fsp3) is 0. The molecule has 0 saturated heterocycles. The molecule has 0 unspecified atom stereocenters. The van der Waals surface area contributed by atoms with Gasteiger partial charge in [-0.1, -0.05) is 0 Å². The van der Waals surface area contributed by atoms with E-state index in [1.807, 2.05) is 0 Å². The van der Waals surface area contributed by atoms with Crippen molar-refractivity contribution in [3.05, 3.63) is 24.3 Å².